The summed E-state index contributed by atoms with van der Waals surface area (Å²) in [5.41, 5.74) is 2.25. The Morgan fingerprint density at radius 3 is 2.63 bits per heavy atom. The van der Waals surface area contributed by atoms with Crippen molar-refractivity contribution in [3.8, 4) is 0 Å². The van der Waals surface area contributed by atoms with E-state index in [2.05, 4.69) is 10.6 Å². The number of hydrogen-bond acceptors (Lipinski definition) is 2. The van der Waals surface area contributed by atoms with E-state index in [0.717, 1.165) is 17.5 Å². The molecule has 0 aromatic heterocycles. The lowest BCUT2D eigenvalue weighted by Gasteiger charge is -2.17. The van der Waals surface area contributed by atoms with Gasteiger partial charge < -0.3 is 15.7 Å². The second kappa shape index (κ2) is 7.79. The second-order valence-electron chi connectivity index (χ2n) is 4.94. The minimum absolute atomic E-state index is 0.191. The first-order valence-electron chi connectivity index (χ1n) is 6.78. The summed E-state index contributed by atoms with van der Waals surface area (Å²) in [6, 6.07) is 7.69. The van der Waals surface area contributed by atoms with Gasteiger partial charge in [-0.2, -0.15) is 0 Å². The fraction of sp³-hybridized carbons (Fsp3) is 0.533. The van der Waals surface area contributed by atoms with Crippen molar-refractivity contribution in [3.05, 3.63) is 35.4 Å². The zero-order valence-corrected chi connectivity index (χ0v) is 11.9. The number of hydrogen-bond donors (Lipinski definition) is 3. The van der Waals surface area contributed by atoms with E-state index in [4.69, 9.17) is 0 Å². The molecular formula is C15H24N2O2. The fourth-order valence-corrected chi connectivity index (χ4v) is 1.72. The number of aryl methyl sites for hydroxylation is 1. The summed E-state index contributed by atoms with van der Waals surface area (Å²) in [5.74, 6) is 0.191. The van der Waals surface area contributed by atoms with Crippen LogP contribution in [0.15, 0.2) is 24.3 Å². The van der Waals surface area contributed by atoms with Crippen LogP contribution in [-0.4, -0.2) is 23.8 Å². The summed E-state index contributed by atoms with van der Waals surface area (Å²) in [7, 11) is 0. The number of amides is 2. The van der Waals surface area contributed by atoms with Crippen molar-refractivity contribution in [2.45, 2.75) is 39.8 Å². The minimum Gasteiger partial charge on any atom is -0.391 e. The SMILES string of the molecule is CCC(C)C(O)CNC(=O)NCc1ccccc1C. The Kier molecular flexibility index (Phi) is 6.36. The quantitative estimate of drug-likeness (QED) is 0.737. The highest BCUT2D eigenvalue weighted by molar-refractivity contribution is 5.73. The largest absolute Gasteiger partial charge is 0.391 e. The van der Waals surface area contributed by atoms with E-state index in [1.165, 1.54) is 0 Å². The Morgan fingerprint density at radius 1 is 1.32 bits per heavy atom. The minimum atomic E-state index is -0.491. The van der Waals surface area contributed by atoms with Crippen molar-refractivity contribution in [2.75, 3.05) is 6.54 Å². The van der Waals surface area contributed by atoms with Crippen LogP contribution in [-0.2, 0) is 6.54 Å². The fourth-order valence-electron chi connectivity index (χ4n) is 1.72. The second-order valence-corrected chi connectivity index (χ2v) is 4.94. The third kappa shape index (κ3) is 5.30. The smallest absolute Gasteiger partial charge is 0.315 e. The van der Waals surface area contributed by atoms with E-state index >= 15 is 0 Å². The molecule has 2 amide bonds. The highest BCUT2D eigenvalue weighted by atomic mass is 16.3. The first-order chi connectivity index (χ1) is 9.04. The number of aliphatic hydroxyl groups is 1. The molecule has 3 N–H and O–H groups in total. The lowest BCUT2D eigenvalue weighted by atomic mass is 10.0. The molecule has 0 radical (unpaired) electrons. The molecule has 1 aromatic carbocycles. The van der Waals surface area contributed by atoms with Gasteiger partial charge in [0.15, 0.2) is 0 Å². The van der Waals surface area contributed by atoms with Crippen LogP contribution in [0.25, 0.3) is 0 Å². The molecule has 2 unspecified atom stereocenters. The predicted molar refractivity (Wildman–Crippen MR) is 76.9 cm³/mol. The van der Waals surface area contributed by atoms with Gasteiger partial charge in [0.1, 0.15) is 0 Å². The topological polar surface area (TPSA) is 61.4 Å². The molecule has 0 heterocycles. The predicted octanol–water partition coefficient (Wildman–Crippen LogP) is 2.20. The average molecular weight is 264 g/mol. The normalized spacial score (nSPS) is 13.7. The Labute approximate surface area is 115 Å². The molecule has 0 aliphatic heterocycles. The number of carbonyl (C=O) groups is 1. The number of benzene rings is 1. The van der Waals surface area contributed by atoms with E-state index in [1.54, 1.807) is 0 Å². The van der Waals surface area contributed by atoms with Gasteiger partial charge in [-0.25, -0.2) is 4.79 Å². The van der Waals surface area contributed by atoms with Crippen molar-refractivity contribution < 1.29 is 9.90 Å². The summed E-state index contributed by atoms with van der Waals surface area (Å²) >= 11 is 0. The summed E-state index contributed by atoms with van der Waals surface area (Å²) < 4.78 is 0. The molecule has 106 valence electrons. The van der Waals surface area contributed by atoms with Crippen LogP contribution in [0.1, 0.15) is 31.4 Å². The lowest BCUT2D eigenvalue weighted by Crippen LogP contribution is -2.41. The third-order valence-electron chi connectivity index (χ3n) is 3.47. The van der Waals surface area contributed by atoms with E-state index in [0.29, 0.717) is 6.54 Å². The zero-order valence-electron chi connectivity index (χ0n) is 11.9. The van der Waals surface area contributed by atoms with Crippen molar-refractivity contribution in [1.82, 2.24) is 10.6 Å². The lowest BCUT2D eigenvalue weighted by molar-refractivity contribution is 0.114. The van der Waals surface area contributed by atoms with Gasteiger partial charge in [-0.05, 0) is 24.0 Å². The molecule has 0 fully saturated rings. The van der Waals surface area contributed by atoms with Crippen LogP contribution in [0.4, 0.5) is 4.79 Å². The Morgan fingerprint density at radius 2 is 2.00 bits per heavy atom. The molecule has 0 aliphatic rings. The molecule has 1 rings (SSSR count). The van der Waals surface area contributed by atoms with E-state index in [1.807, 2.05) is 45.0 Å². The van der Waals surface area contributed by atoms with Crippen molar-refractivity contribution in [3.63, 3.8) is 0 Å². The maximum atomic E-state index is 11.6. The highest BCUT2D eigenvalue weighted by Gasteiger charge is 2.13. The molecule has 19 heavy (non-hydrogen) atoms. The Bertz CT molecular complexity index is 407. The zero-order chi connectivity index (χ0) is 14.3. The van der Waals surface area contributed by atoms with Gasteiger partial charge in [0, 0.05) is 13.1 Å². The number of aliphatic hydroxyl groups excluding tert-OH is 1. The first kappa shape index (κ1) is 15.5. The molecule has 0 saturated heterocycles. The summed E-state index contributed by atoms with van der Waals surface area (Å²) in [4.78, 5) is 11.6. The van der Waals surface area contributed by atoms with Crippen LogP contribution >= 0.6 is 0 Å². The molecule has 0 spiro atoms. The molecule has 2 atom stereocenters. The van der Waals surface area contributed by atoms with Gasteiger partial charge in [-0.1, -0.05) is 44.5 Å². The number of nitrogens with one attached hydrogen (secondary N) is 2. The number of urea groups is 1. The first-order valence-corrected chi connectivity index (χ1v) is 6.78. The van der Waals surface area contributed by atoms with Crippen LogP contribution in [0, 0.1) is 12.8 Å². The molecule has 1 aromatic rings. The van der Waals surface area contributed by atoms with Gasteiger partial charge >= 0.3 is 6.03 Å². The van der Waals surface area contributed by atoms with Gasteiger partial charge in [0.25, 0.3) is 0 Å². The summed E-state index contributed by atoms with van der Waals surface area (Å²) in [5, 5.41) is 15.2. The van der Waals surface area contributed by atoms with Crippen LogP contribution in [0.5, 0.6) is 0 Å². The van der Waals surface area contributed by atoms with E-state index in [9.17, 15) is 9.90 Å². The van der Waals surface area contributed by atoms with Crippen molar-refractivity contribution in [1.29, 1.82) is 0 Å². The standard InChI is InChI=1S/C15H24N2O2/c1-4-11(2)14(18)10-17-15(19)16-9-13-8-6-5-7-12(13)3/h5-8,11,14,18H,4,9-10H2,1-3H3,(H2,16,17,19). The Hall–Kier alpha value is -1.55. The summed E-state index contributed by atoms with van der Waals surface area (Å²) in [6.45, 7) is 6.79. The highest BCUT2D eigenvalue weighted by Crippen LogP contribution is 2.07. The average Bonchev–Trinajstić information content (AvgIpc) is 2.42. The van der Waals surface area contributed by atoms with Crippen molar-refractivity contribution >= 4 is 6.03 Å². The van der Waals surface area contributed by atoms with Gasteiger partial charge in [0.05, 0.1) is 6.10 Å². The maximum Gasteiger partial charge on any atom is 0.315 e. The third-order valence-corrected chi connectivity index (χ3v) is 3.47. The monoisotopic (exact) mass is 264 g/mol. The van der Waals surface area contributed by atoms with Crippen LogP contribution in [0.3, 0.4) is 0 Å². The molecule has 0 aliphatic carbocycles. The molecule has 4 nitrogen and oxygen atoms in total. The van der Waals surface area contributed by atoms with Gasteiger partial charge in [-0.15, -0.1) is 0 Å². The molecule has 0 bridgehead atoms. The maximum absolute atomic E-state index is 11.6. The molecular weight excluding hydrogens is 240 g/mol. The molecule has 4 heteroatoms. The van der Waals surface area contributed by atoms with Crippen LogP contribution in [0.2, 0.25) is 0 Å². The Balaban J connectivity index is 2.31. The number of rotatable bonds is 6. The van der Waals surface area contributed by atoms with E-state index in [-0.39, 0.29) is 18.5 Å². The van der Waals surface area contributed by atoms with Gasteiger partial charge in [-0.3, -0.25) is 0 Å². The van der Waals surface area contributed by atoms with Crippen molar-refractivity contribution in [2.24, 2.45) is 5.92 Å². The molecule has 0 saturated carbocycles. The van der Waals surface area contributed by atoms with Gasteiger partial charge in [0.2, 0.25) is 0 Å². The number of carbonyl (C=O) groups excluding carboxylic acids is 1. The summed E-state index contributed by atoms with van der Waals surface area (Å²) in [6.07, 6.45) is 0.405. The van der Waals surface area contributed by atoms with Crippen LogP contribution < -0.4 is 10.6 Å². The van der Waals surface area contributed by atoms with E-state index < -0.39 is 6.10 Å².